The molecule has 4 heteroatoms. The highest BCUT2D eigenvalue weighted by atomic mass is 32.1. The Kier molecular flexibility index (Phi) is 1.52. The van der Waals surface area contributed by atoms with E-state index in [0.29, 0.717) is 6.42 Å². The summed E-state index contributed by atoms with van der Waals surface area (Å²) in [5, 5.41) is 12.7. The first kappa shape index (κ1) is 7.82. The molecule has 0 aliphatic heterocycles. The fraction of sp³-hybridized carbons (Fsp3) is 0.100. The minimum absolute atomic E-state index is 0.690. The molecule has 0 unspecified atom stereocenters. The standard InChI is InChI=1S/C10H8N2OS/c13-11-5-4-6-9-7-2-1-3-8(9)14-10(6)12-7/h1-3,5,12-13H,4H2. The smallest absolute Gasteiger partial charge is 0.0976 e. The maximum atomic E-state index is 8.40. The minimum Gasteiger partial charge on any atom is -0.411 e. The third-order valence-electron chi connectivity index (χ3n) is 2.44. The first-order chi connectivity index (χ1) is 6.90. The van der Waals surface area contributed by atoms with Crippen LogP contribution < -0.4 is 0 Å². The number of nitrogens with zero attached hydrogens (tertiary/aromatic N) is 1. The lowest BCUT2D eigenvalue weighted by molar-refractivity contribution is 0.321. The molecular formula is C10H8N2OS. The predicted molar refractivity (Wildman–Crippen MR) is 58.9 cm³/mol. The third kappa shape index (κ3) is 0.886. The molecule has 70 valence electrons. The van der Waals surface area contributed by atoms with E-state index in [2.05, 4.69) is 22.3 Å². The fourth-order valence-corrected chi connectivity index (χ4v) is 3.04. The fourth-order valence-electron chi connectivity index (χ4n) is 1.87. The molecule has 0 saturated carbocycles. The number of hydrogen-bond donors (Lipinski definition) is 2. The Morgan fingerprint density at radius 2 is 2.43 bits per heavy atom. The second kappa shape index (κ2) is 2.72. The predicted octanol–water partition coefficient (Wildman–Crippen LogP) is 2.82. The van der Waals surface area contributed by atoms with Crippen molar-refractivity contribution in [1.29, 1.82) is 0 Å². The van der Waals surface area contributed by atoms with Crippen LogP contribution >= 0.6 is 11.3 Å². The molecule has 2 bridgehead atoms. The van der Waals surface area contributed by atoms with Gasteiger partial charge in [-0.3, -0.25) is 0 Å². The maximum Gasteiger partial charge on any atom is 0.0976 e. The monoisotopic (exact) mass is 204 g/mol. The SMILES string of the molecule is ON=CCc1c2[nH]c3cccc(s2)c13. The van der Waals surface area contributed by atoms with Gasteiger partial charge in [0.05, 0.1) is 4.83 Å². The van der Waals surface area contributed by atoms with Gasteiger partial charge in [0.15, 0.2) is 0 Å². The maximum absolute atomic E-state index is 8.40. The van der Waals surface area contributed by atoms with E-state index in [-0.39, 0.29) is 0 Å². The van der Waals surface area contributed by atoms with Crippen molar-refractivity contribution in [2.45, 2.75) is 6.42 Å². The largest absolute Gasteiger partial charge is 0.411 e. The molecule has 3 rings (SSSR count). The summed E-state index contributed by atoms with van der Waals surface area (Å²) in [6, 6.07) is 6.24. The van der Waals surface area contributed by atoms with E-state index in [1.807, 2.05) is 6.07 Å². The summed E-state index contributed by atoms with van der Waals surface area (Å²) < 4.78 is 1.30. The molecule has 2 N–H and O–H groups in total. The highest BCUT2D eigenvalue weighted by Crippen LogP contribution is 2.37. The number of fused-ring (bicyclic) bond motifs is 1. The van der Waals surface area contributed by atoms with Gasteiger partial charge in [0.1, 0.15) is 0 Å². The number of oxime groups is 1. The molecule has 0 radical (unpaired) electrons. The zero-order chi connectivity index (χ0) is 9.54. The van der Waals surface area contributed by atoms with Gasteiger partial charge in [-0.25, -0.2) is 0 Å². The number of aromatic amines is 1. The summed E-state index contributed by atoms with van der Waals surface area (Å²) in [6.45, 7) is 0. The molecule has 3 nitrogen and oxygen atoms in total. The Morgan fingerprint density at radius 1 is 1.50 bits per heavy atom. The van der Waals surface area contributed by atoms with Crippen LogP contribution in [-0.2, 0) is 6.42 Å². The van der Waals surface area contributed by atoms with Crippen LogP contribution in [0.15, 0.2) is 23.4 Å². The third-order valence-corrected chi connectivity index (χ3v) is 3.55. The molecule has 0 spiro atoms. The Morgan fingerprint density at radius 3 is 3.21 bits per heavy atom. The van der Waals surface area contributed by atoms with Crippen molar-refractivity contribution in [3.8, 4) is 0 Å². The summed E-state index contributed by atoms with van der Waals surface area (Å²) in [5.41, 5.74) is 2.43. The van der Waals surface area contributed by atoms with Gasteiger partial charge in [0.2, 0.25) is 0 Å². The molecule has 14 heavy (non-hydrogen) atoms. The van der Waals surface area contributed by atoms with E-state index in [4.69, 9.17) is 5.21 Å². The minimum atomic E-state index is 0.690. The molecule has 2 aromatic heterocycles. The summed E-state index contributed by atoms with van der Waals surface area (Å²) >= 11 is 1.75. The van der Waals surface area contributed by atoms with Gasteiger partial charge in [-0.05, 0) is 12.1 Å². The van der Waals surface area contributed by atoms with E-state index in [1.165, 1.54) is 32.2 Å². The van der Waals surface area contributed by atoms with E-state index in [0.717, 1.165) is 0 Å². The van der Waals surface area contributed by atoms with E-state index in [1.54, 1.807) is 11.3 Å². The Labute approximate surface area is 84.0 Å². The van der Waals surface area contributed by atoms with Crippen LogP contribution in [0.1, 0.15) is 5.56 Å². The van der Waals surface area contributed by atoms with Crippen LogP contribution in [0.3, 0.4) is 0 Å². The Bertz CT molecular complexity index is 558. The summed E-state index contributed by atoms with van der Waals surface area (Å²) in [5.74, 6) is 0. The van der Waals surface area contributed by atoms with Crippen LogP contribution in [0, 0.1) is 0 Å². The van der Waals surface area contributed by atoms with E-state index >= 15 is 0 Å². The molecular weight excluding hydrogens is 196 g/mol. The lowest BCUT2D eigenvalue weighted by Gasteiger charge is -1.92. The summed E-state index contributed by atoms with van der Waals surface area (Å²) in [6.07, 6.45) is 2.21. The number of nitrogens with one attached hydrogen (secondary N) is 1. The van der Waals surface area contributed by atoms with E-state index in [9.17, 15) is 0 Å². The van der Waals surface area contributed by atoms with Gasteiger partial charge >= 0.3 is 0 Å². The van der Waals surface area contributed by atoms with Gasteiger partial charge in [-0.1, -0.05) is 6.07 Å². The van der Waals surface area contributed by atoms with Crippen molar-refractivity contribution in [2.75, 3.05) is 0 Å². The lowest BCUT2D eigenvalue weighted by atomic mass is 10.1. The molecule has 0 amide bonds. The highest BCUT2D eigenvalue weighted by Gasteiger charge is 2.14. The molecule has 1 aromatic carbocycles. The second-order valence-corrected chi connectivity index (χ2v) is 4.27. The van der Waals surface area contributed by atoms with Crippen LogP contribution in [-0.4, -0.2) is 16.4 Å². The summed E-state index contributed by atoms with van der Waals surface area (Å²) in [4.78, 5) is 4.52. The van der Waals surface area contributed by atoms with Crippen molar-refractivity contribution < 1.29 is 5.21 Å². The number of benzene rings is 1. The highest BCUT2D eigenvalue weighted by molar-refractivity contribution is 7.24. The Hall–Kier alpha value is -1.55. The normalized spacial score (nSPS) is 12.6. The second-order valence-electron chi connectivity index (χ2n) is 3.22. The number of aromatic nitrogens is 1. The van der Waals surface area contributed by atoms with E-state index < -0.39 is 0 Å². The zero-order valence-electron chi connectivity index (χ0n) is 7.32. The van der Waals surface area contributed by atoms with Crippen molar-refractivity contribution in [2.24, 2.45) is 5.16 Å². The van der Waals surface area contributed by atoms with Gasteiger partial charge in [0, 0.05) is 33.8 Å². The Balaban J connectivity index is 2.29. The number of hydrogen-bond acceptors (Lipinski definition) is 3. The summed E-state index contributed by atoms with van der Waals surface area (Å²) in [7, 11) is 0. The molecule has 0 aliphatic rings. The quantitative estimate of drug-likeness (QED) is 0.376. The van der Waals surface area contributed by atoms with Gasteiger partial charge in [0.25, 0.3) is 0 Å². The van der Waals surface area contributed by atoms with Crippen LogP contribution in [0.5, 0.6) is 0 Å². The van der Waals surface area contributed by atoms with Crippen molar-refractivity contribution in [1.82, 2.24) is 4.98 Å². The van der Waals surface area contributed by atoms with Crippen LogP contribution in [0.4, 0.5) is 0 Å². The molecule has 0 atom stereocenters. The average molecular weight is 204 g/mol. The van der Waals surface area contributed by atoms with Crippen molar-refractivity contribution in [3.63, 3.8) is 0 Å². The number of H-pyrrole nitrogens is 1. The first-order valence-electron chi connectivity index (χ1n) is 4.37. The van der Waals surface area contributed by atoms with Crippen molar-refractivity contribution in [3.05, 3.63) is 23.8 Å². The van der Waals surface area contributed by atoms with Crippen LogP contribution in [0.25, 0.3) is 20.4 Å². The van der Waals surface area contributed by atoms with Gasteiger partial charge < -0.3 is 10.2 Å². The molecule has 2 heterocycles. The number of rotatable bonds is 2. The van der Waals surface area contributed by atoms with Gasteiger partial charge in [-0.2, -0.15) is 0 Å². The molecule has 0 fully saturated rings. The molecule has 0 aliphatic carbocycles. The zero-order valence-corrected chi connectivity index (χ0v) is 8.14. The van der Waals surface area contributed by atoms with Crippen LogP contribution in [0.2, 0.25) is 0 Å². The molecule has 0 saturated heterocycles. The first-order valence-corrected chi connectivity index (χ1v) is 5.19. The lowest BCUT2D eigenvalue weighted by Crippen LogP contribution is -1.81. The average Bonchev–Trinajstić information content (AvgIpc) is 2.68. The number of thiophene rings is 1. The molecule has 3 aromatic rings. The van der Waals surface area contributed by atoms with Crippen molar-refractivity contribution >= 4 is 38.0 Å². The van der Waals surface area contributed by atoms with Gasteiger partial charge in [-0.15, -0.1) is 16.5 Å². The topological polar surface area (TPSA) is 48.4 Å².